The van der Waals surface area contributed by atoms with Crippen molar-refractivity contribution in [3.8, 4) is 22.8 Å². The Bertz CT molecular complexity index is 1600. The number of fused-ring (bicyclic) bond motifs is 1. The number of carbonyl (C=O) groups is 1. The van der Waals surface area contributed by atoms with Crippen LogP contribution in [-0.4, -0.2) is 10.9 Å². The van der Waals surface area contributed by atoms with Gasteiger partial charge in [0.15, 0.2) is 5.58 Å². The van der Waals surface area contributed by atoms with Crippen LogP contribution in [-0.2, 0) is 4.79 Å². The first kappa shape index (κ1) is 23.2. The first-order chi connectivity index (χ1) is 16.9. The van der Waals surface area contributed by atoms with Gasteiger partial charge in [-0.1, -0.05) is 46.9 Å². The largest absolute Gasteiger partial charge is 0.457 e. The van der Waals surface area contributed by atoms with Gasteiger partial charge in [0.1, 0.15) is 17.0 Å². The maximum atomic E-state index is 12.6. The normalized spacial score (nSPS) is 11.4. The number of hydrogen-bond donors (Lipinski definition) is 1. The number of nitrogens with zero attached hydrogens (tertiary/aromatic N) is 1. The lowest BCUT2D eigenvalue weighted by atomic mass is 10.2. The molecular weight excluding hydrogens is 507 g/mol. The number of aryl methyl sites for hydroxylation is 1. The summed E-state index contributed by atoms with van der Waals surface area (Å²) in [6, 6.07) is 19.8. The molecule has 1 N–H and O–H groups in total. The third kappa shape index (κ3) is 4.98. The van der Waals surface area contributed by atoms with Crippen LogP contribution >= 0.6 is 34.8 Å². The molecule has 0 unspecified atom stereocenters. The van der Waals surface area contributed by atoms with E-state index in [1.807, 2.05) is 25.1 Å². The standard InChI is InChI=1S/C27H17Cl3N2O3/c1-15-5-10-21-24(13-15)35-27(32-21)16-6-9-19(28)22(14-16)31-25(33)12-8-17-7-11-23(34-17)18-3-2-4-20(29)26(18)30/h2-14H,1H3,(H,31,33). The molecule has 0 radical (unpaired) electrons. The number of benzene rings is 3. The molecule has 0 saturated heterocycles. The number of rotatable bonds is 5. The van der Waals surface area contributed by atoms with Crippen LogP contribution in [0, 0.1) is 6.92 Å². The van der Waals surface area contributed by atoms with E-state index in [0.29, 0.717) is 54.9 Å². The van der Waals surface area contributed by atoms with Gasteiger partial charge in [-0.25, -0.2) is 4.98 Å². The summed E-state index contributed by atoms with van der Waals surface area (Å²) in [4.78, 5) is 17.1. The van der Waals surface area contributed by atoms with Crippen molar-refractivity contribution in [3.63, 3.8) is 0 Å². The smallest absolute Gasteiger partial charge is 0.248 e. The summed E-state index contributed by atoms with van der Waals surface area (Å²) in [5.41, 5.74) is 4.32. The zero-order valence-electron chi connectivity index (χ0n) is 18.3. The summed E-state index contributed by atoms with van der Waals surface area (Å²) in [5, 5.41) is 4.01. The van der Waals surface area contributed by atoms with Crippen molar-refractivity contribution in [2.45, 2.75) is 6.92 Å². The van der Waals surface area contributed by atoms with E-state index in [-0.39, 0.29) is 5.91 Å². The maximum absolute atomic E-state index is 12.6. The van der Waals surface area contributed by atoms with Crippen molar-refractivity contribution in [3.05, 3.63) is 99.2 Å². The highest BCUT2D eigenvalue weighted by Gasteiger charge is 2.13. The predicted molar refractivity (Wildman–Crippen MR) is 141 cm³/mol. The van der Waals surface area contributed by atoms with Gasteiger partial charge in [0, 0.05) is 17.2 Å². The number of furan rings is 1. The van der Waals surface area contributed by atoms with E-state index in [1.165, 1.54) is 6.08 Å². The summed E-state index contributed by atoms with van der Waals surface area (Å²) < 4.78 is 11.7. The molecule has 2 heterocycles. The lowest BCUT2D eigenvalue weighted by Crippen LogP contribution is -2.08. The highest BCUT2D eigenvalue weighted by Crippen LogP contribution is 2.35. The lowest BCUT2D eigenvalue weighted by Gasteiger charge is -2.06. The van der Waals surface area contributed by atoms with Gasteiger partial charge in [0.2, 0.25) is 11.8 Å². The SMILES string of the molecule is Cc1ccc2nc(-c3ccc(Cl)c(NC(=O)C=Cc4ccc(-c5cccc(Cl)c5Cl)o4)c3)oc2c1. The zero-order valence-corrected chi connectivity index (χ0v) is 20.6. The molecule has 0 fully saturated rings. The van der Waals surface area contributed by atoms with Crippen LogP contribution in [0.3, 0.4) is 0 Å². The third-order valence-corrected chi connectivity index (χ3v) is 6.41. The molecule has 0 spiro atoms. The average molecular weight is 524 g/mol. The molecule has 0 bridgehead atoms. The number of oxazole rings is 1. The van der Waals surface area contributed by atoms with Gasteiger partial charge in [0.05, 0.1) is 20.8 Å². The third-order valence-electron chi connectivity index (χ3n) is 5.26. The Hall–Kier alpha value is -3.51. The van der Waals surface area contributed by atoms with Gasteiger partial charge in [-0.2, -0.15) is 0 Å². The number of halogens is 3. The summed E-state index contributed by atoms with van der Waals surface area (Å²) in [5.74, 6) is 1.08. The first-order valence-corrected chi connectivity index (χ1v) is 11.7. The Morgan fingerprint density at radius 1 is 0.943 bits per heavy atom. The second-order valence-electron chi connectivity index (χ2n) is 7.81. The predicted octanol–water partition coefficient (Wildman–Crippen LogP) is 8.68. The number of nitrogens with one attached hydrogen (secondary N) is 1. The fourth-order valence-corrected chi connectivity index (χ4v) is 4.08. The quantitative estimate of drug-likeness (QED) is 0.234. The highest BCUT2D eigenvalue weighted by atomic mass is 35.5. The van der Waals surface area contributed by atoms with Gasteiger partial charge in [-0.05, 0) is 73.2 Å². The molecule has 0 aliphatic heterocycles. The fourth-order valence-electron chi connectivity index (χ4n) is 3.52. The van der Waals surface area contributed by atoms with Crippen molar-refractivity contribution >= 4 is 63.6 Å². The first-order valence-electron chi connectivity index (χ1n) is 10.6. The Balaban J connectivity index is 1.33. The van der Waals surface area contributed by atoms with E-state index in [9.17, 15) is 4.79 Å². The van der Waals surface area contributed by atoms with Crippen molar-refractivity contribution in [1.29, 1.82) is 0 Å². The van der Waals surface area contributed by atoms with Crippen LogP contribution in [0.15, 0.2) is 81.6 Å². The number of carbonyl (C=O) groups excluding carboxylic acids is 1. The van der Waals surface area contributed by atoms with Crippen LogP contribution in [0.1, 0.15) is 11.3 Å². The van der Waals surface area contributed by atoms with Crippen molar-refractivity contribution in [2.24, 2.45) is 0 Å². The fraction of sp³-hybridized carbons (Fsp3) is 0.0370. The average Bonchev–Trinajstić information content (AvgIpc) is 3.48. The van der Waals surface area contributed by atoms with Gasteiger partial charge in [-0.3, -0.25) is 4.79 Å². The van der Waals surface area contributed by atoms with E-state index in [1.54, 1.807) is 54.6 Å². The van der Waals surface area contributed by atoms with Gasteiger partial charge >= 0.3 is 0 Å². The van der Waals surface area contributed by atoms with E-state index in [0.717, 1.165) is 11.1 Å². The van der Waals surface area contributed by atoms with E-state index in [4.69, 9.17) is 43.6 Å². The topological polar surface area (TPSA) is 68.3 Å². The number of amides is 1. The van der Waals surface area contributed by atoms with Crippen molar-refractivity contribution in [2.75, 3.05) is 5.32 Å². The summed E-state index contributed by atoms with van der Waals surface area (Å²) in [6.45, 7) is 1.99. The van der Waals surface area contributed by atoms with Crippen molar-refractivity contribution < 1.29 is 13.6 Å². The minimum Gasteiger partial charge on any atom is -0.457 e. The Labute approximate surface area is 215 Å². The molecular formula is C27H17Cl3N2O3. The second-order valence-corrected chi connectivity index (χ2v) is 9.00. The van der Waals surface area contributed by atoms with Gasteiger partial charge < -0.3 is 14.2 Å². The number of hydrogen-bond acceptors (Lipinski definition) is 4. The molecule has 2 aromatic heterocycles. The minimum atomic E-state index is -0.379. The number of aromatic nitrogens is 1. The summed E-state index contributed by atoms with van der Waals surface area (Å²) in [6.07, 6.45) is 2.91. The molecule has 0 aliphatic rings. The molecule has 0 aliphatic carbocycles. The monoisotopic (exact) mass is 522 g/mol. The molecule has 5 rings (SSSR count). The highest BCUT2D eigenvalue weighted by molar-refractivity contribution is 6.43. The Morgan fingerprint density at radius 2 is 1.80 bits per heavy atom. The molecule has 35 heavy (non-hydrogen) atoms. The van der Waals surface area contributed by atoms with Crippen LogP contribution < -0.4 is 5.32 Å². The van der Waals surface area contributed by atoms with Crippen LogP contribution in [0.25, 0.3) is 40.0 Å². The Kier molecular flexibility index (Phi) is 6.39. The molecule has 5 nitrogen and oxygen atoms in total. The van der Waals surface area contributed by atoms with E-state index in [2.05, 4.69) is 10.3 Å². The molecule has 0 atom stereocenters. The zero-order chi connectivity index (χ0) is 24.5. The minimum absolute atomic E-state index is 0.379. The van der Waals surface area contributed by atoms with Crippen molar-refractivity contribution in [1.82, 2.24) is 4.98 Å². The number of anilines is 1. The molecule has 5 aromatic rings. The molecule has 174 valence electrons. The van der Waals surface area contributed by atoms with Gasteiger partial charge in [0.25, 0.3) is 0 Å². The summed E-state index contributed by atoms with van der Waals surface area (Å²) in [7, 11) is 0. The molecule has 1 amide bonds. The summed E-state index contributed by atoms with van der Waals surface area (Å²) >= 11 is 18.6. The Morgan fingerprint density at radius 3 is 2.66 bits per heavy atom. The van der Waals surface area contributed by atoms with Crippen LogP contribution in [0.5, 0.6) is 0 Å². The van der Waals surface area contributed by atoms with Gasteiger partial charge in [-0.15, -0.1) is 0 Å². The molecule has 3 aromatic carbocycles. The van der Waals surface area contributed by atoms with E-state index >= 15 is 0 Å². The van der Waals surface area contributed by atoms with E-state index < -0.39 is 0 Å². The van der Waals surface area contributed by atoms with Crippen LogP contribution in [0.4, 0.5) is 5.69 Å². The maximum Gasteiger partial charge on any atom is 0.248 e. The lowest BCUT2D eigenvalue weighted by molar-refractivity contribution is -0.111. The molecule has 0 saturated carbocycles. The van der Waals surface area contributed by atoms with Crippen LogP contribution in [0.2, 0.25) is 15.1 Å². The second kappa shape index (κ2) is 9.62. The molecule has 8 heteroatoms.